The maximum Gasteiger partial charge on any atom is -0.00773 e. The molecule has 4 N–H and O–H groups in total. The Morgan fingerprint density at radius 1 is 0.765 bits per heavy atom. The molecule has 0 radical (unpaired) electrons. The van der Waals surface area contributed by atoms with Crippen LogP contribution >= 0.6 is 0 Å². The first-order chi connectivity index (χ1) is 8.38. The third kappa shape index (κ3) is 5.85. The summed E-state index contributed by atoms with van der Waals surface area (Å²) in [7, 11) is 0. The summed E-state index contributed by atoms with van der Waals surface area (Å²) in [6.45, 7) is 1.62. The van der Waals surface area contributed by atoms with Crippen LogP contribution in [0.25, 0.3) is 0 Å². The van der Waals surface area contributed by atoms with Crippen LogP contribution in [0.15, 0.2) is 30.3 Å². The molecular formula is C15H26N2. The highest BCUT2D eigenvalue weighted by atomic mass is 14.5. The molecule has 0 aliphatic carbocycles. The molecule has 1 aromatic carbocycles. The quantitative estimate of drug-likeness (QED) is 0.645. The second-order valence-corrected chi connectivity index (χ2v) is 4.68. The van der Waals surface area contributed by atoms with Crippen molar-refractivity contribution in [1.29, 1.82) is 0 Å². The van der Waals surface area contributed by atoms with Gasteiger partial charge in [0.1, 0.15) is 0 Å². The number of rotatable bonds is 9. The summed E-state index contributed by atoms with van der Waals surface area (Å²) in [6, 6.07) is 10.8. The van der Waals surface area contributed by atoms with Gasteiger partial charge in [-0.15, -0.1) is 0 Å². The van der Waals surface area contributed by atoms with Crippen LogP contribution in [0.2, 0.25) is 0 Å². The lowest BCUT2D eigenvalue weighted by Crippen LogP contribution is -2.04. The molecule has 96 valence electrons. The van der Waals surface area contributed by atoms with Gasteiger partial charge in [0.15, 0.2) is 0 Å². The minimum atomic E-state index is 0.689. The van der Waals surface area contributed by atoms with Gasteiger partial charge in [-0.05, 0) is 50.3 Å². The van der Waals surface area contributed by atoms with Crippen molar-refractivity contribution < 1.29 is 0 Å². The van der Waals surface area contributed by atoms with E-state index in [-0.39, 0.29) is 0 Å². The molecule has 0 aromatic heterocycles. The van der Waals surface area contributed by atoms with Crippen molar-refractivity contribution in [3.05, 3.63) is 35.9 Å². The van der Waals surface area contributed by atoms with Crippen molar-refractivity contribution in [3.8, 4) is 0 Å². The highest BCUT2D eigenvalue weighted by Gasteiger charge is 2.10. The minimum absolute atomic E-state index is 0.689. The van der Waals surface area contributed by atoms with Gasteiger partial charge < -0.3 is 11.5 Å². The van der Waals surface area contributed by atoms with Gasteiger partial charge in [0.05, 0.1) is 0 Å². The topological polar surface area (TPSA) is 52.0 Å². The number of nitrogens with two attached hydrogens (primary N) is 2. The van der Waals surface area contributed by atoms with Gasteiger partial charge in [-0.3, -0.25) is 0 Å². The number of benzene rings is 1. The predicted octanol–water partition coefficient (Wildman–Crippen LogP) is 3.03. The second kappa shape index (κ2) is 9.20. The molecular weight excluding hydrogens is 208 g/mol. The molecule has 17 heavy (non-hydrogen) atoms. The Morgan fingerprint density at radius 3 is 1.76 bits per heavy atom. The SMILES string of the molecule is NCCCCC(CCCCN)c1ccccc1. The molecule has 0 fully saturated rings. The van der Waals surface area contributed by atoms with Gasteiger partial charge in [0, 0.05) is 0 Å². The Hall–Kier alpha value is -0.860. The van der Waals surface area contributed by atoms with Gasteiger partial charge in [0.25, 0.3) is 0 Å². The summed E-state index contributed by atoms with van der Waals surface area (Å²) >= 11 is 0. The smallest absolute Gasteiger partial charge is 0.00773 e. The summed E-state index contributed by atoms with van der Waals surface area (Å²) in [6.07, 6.45) is 7.26. The fourth-order valence-corrected chi connectivity index (χ4v) is 2.27. The van der Waals surface area contributed by atoms with E-state index >= 15 is 0 Å². The fourth-order valence-electron chi connectivity index (χ4n) is 2.27. The summed E-state index contributed by atoms with van der Waals surface area (Å²) < 4.78 is 0. The normalized spacial score (nSPS) is 11.0. The molecule has 2 nitrogen and oxygen atoms in total. The zero-order valence-corrected chi connectivity index (χ0v) is 10.8. The lowest BCUT2D eigenvalue weighted by atomic mass is 9.89. The van der Waals surface area contributed by atoms with E-state index in [2.05, 4.69) is 30.3 Å². The molecule has 0 saturated heterocycles. The van der Waals surface area contributed by atoms with E-state index in [4.69, 9.17) is 11.5 Å². The van der Waals surface area contributed by atoms with E-state index in [1.807, 2.05) is 0 Å². The van der Waals surface area contributed by atoms with Crippen molar-refractivity contribution in [1.82, 2.24) is 0 Å². The second-order valence-electron chi connectivity index (χ2n) is 4.68. The summed E-state index contributed by atoms with van der Waals surface area (Å²) in [4.78, 5) is 0. The molecule has 1 aromatic rings. The average molecular weight is 234 g/mol. The molecule has 0 spiro atoms. The molecule has 0 amide bonds. The van der Waals surface area contributed by atoms with E-state index in [0.717, 1.165) is 25.9 Å². The van der Waals surface area contributed by atoms with Crippen LogP contribution in [0, 0.1) is 0 Å². The molecule has 0 saturated carbocycles. The van der Waals surface area contributed by atoms with Crippen LogP contribution in [0.1, 0.15) is 50.0 Å². The molecule has 2 heteroatoms. The maximum atomic E-state index is 5.56. The predicted molar refractivity (Wildman–Crippen MR) is 75.0 cm³/mol. The molecule has 0 heterocycles. The highest BCUT2D eigenvalue weighted by Crippen LogP contribution is 2.27. The van der Waals surface area contributed by atoms with Crippen LogP contribution in [0.5, 0.6) is 0 Å². The zero-order valence-electron chi connectivity index (χ0n) is 10.8. The van der Waals surface area contributed by atoms with Crippen molar-refractivity contribution in [2.24, 2.45) is 11.5 Å². The molecule has 0 aliphatic heterocycles. The Balaban J connectivity index is 2.46. The van der Waals surface area contributed by atoms with Crippen LogP contribution in [-0.2, 0) is 0 Å². The van der Waals surface area contributed by atoms with Crippen LogP contribution in [-0.4, -0.2) is 13.1 Å². The molecule has 0 atom stereocenters. The van der Waals surface area contributed by atoms with Gasteiger partial charge >= 0.3 is 0 Å². The standard InChI is InChI=1S/C15H26N2/c16-12-6-4-10-15(11-5-7-13-17)14-8-2-1-3-9-14/h1-3,8-9,15H,4-7,10-13,16-17H2. The van der Waals surface area contributed by atoms with Gasteiger partial charge in [-0.25, -0.2) is 0 Å². The molecule has 0 bridgehead atoms. The fraction of sp³-hybridized carbons (Fsp3) is 0.600. The first-order valence-electron chi connectivity index (χ1n) is 6.83. The average Bonchev–Trinajstić information content (AvgIpc) is 2.38. The Labute approximate surface area is 105 Å². The van der Waals surface area contributed by atoms with E-state index in [1.54, 1.807) is 0 Å². The number of hydrogen-bond donors (Lipinski definition) is 2. The van der Waals surface area contributed by atoms with Gasteiger partial charge in [0.2, 0.25) is 0 Å². The monoisotopic (exact) mass is 234 g/mol. The lowest BCUT2D eigenvalue weighted by Gasteiger charge is -2.17. The lowest BCUT2D eigenvalue weighted by molar-refractivity contribution is 0.515. The first-order valence-corrected chi connectivity index (χ1v) is 6.83. The van der Waals surface area contributed by atoms with E-state index in [0.29, 0.717) is 5.92 Å². The van der Waals surface area contributed by atoms with E-state index in [9.17, 15) is 0 Å². The number of hydrogen-bond acceptors (Lipinski definition) is 2. The Kier molecular flexibility index (Phi) is 7.69. The van der Waals surface area contributed by atoms with E-state index < -0.39 is 0 Å². The highest BCUT2D eigenvalue weighted by molar-refractivity contribution is 5.19. The summed E-state index contributed by atoms with van der Waals surface area (Å²) in [5.41, 5.74) is 12.6. The molecule has 0 aliphatic rings. The summed E-state index contributed by atoms with van der Waals surface area (Å²) in [5.74, 6) is 0.689. The Morgan fingerprint density at radius 2 is 1.29 bits per heavy atom. The van der Waals surface area contributed by atoms with Crippen molar-refractivity contribution in [2.45, 2.75) is 44.4 Å². The minimum Gasteiger partial charge on any atom is -0.330 e. The van der Waals surface area contributed by atoms with Gasteiger partial charge in [-0.2, -0.15) is 0 Å². The summed E-state index contributed by atoms with van der Waals surface area (Å²) in [5, 5.41) is 0. The van der Waals surface area contributed by atoms with Crippen molar-refractivity contribution in [2.75, 3.05) is 13.1 Å². The third-order valence-electron chi connectivity index (χ3n) is 3.28. The van der Waals surface area contributed by atoms with Crippen LogP contribution in [0.4, 0.5) is 0 Å². The largest absolute Gasteiger partial charge is 0.330 e. The van der Waals surface area contributed by atoms with Crippen molar-refractivity contribution >= 4 is 0 Å². The Bertz CT molecular complexity index is 262. The number of unbranched alkanes of at least 4 members (excludes halogenated alkanes) is 2. The van der Waals surface area contributed by atoms with E-state index in [1.165, 1.54) is 31.2 Å². The zero-order chi connectivity index (χ0) is 12.3. The van der Waals surface area contributed by atoms with Crippen LogP contribution < -0.4 is 11.5 Å². The maximum absolute atomic E-state index is 5.56. The molecule has 0 unspecified atom stereocenters. The van der Waals surface area contributed by atoms with Gasteiger partial charge in [-0.1, -0.05) is 43.2 Å². The first kappa shape index (κ1) is 14.2. The molecule has 1 rings (SSSR count). The van der Waals surface area contributed by atoms with Crippen LogP contribution in [0.3, 0.4) is 0 Å². The third-order valence-corrected chi connectivity index (χ3v) is 3.28. The van der Waals surface area contributed by atoms with Crippen molar-refractivity contribution in [3.63, 3.8) is 0 Å².